The summed E-state index contributed by atoms with van der Waals surface area (Å²) >= 11 is 0. The molecule has 5 nitrogen and oxygen atoms in total. The molecule has 0 unspecified atom stereocenters. The molecule has 0 spiro atoms. The van der Waals surface area contributed by atoms with Crippen molar-refractivity contribution in [2.45, 2.75) is 38.8 Å². The number of carbonyl (C=O) groups is 2. The maximum absolute atomic E-state index is 12.2. The second-order valence-corrected chi connectivity index (χ2v) is 5.44. The standard InChI is InChI=1S/C18H21NO4/c1-3-14-9-10-17(23-14)16(20)11-15(18(21)22)19-12(2)13-7-5-4-6-8-13/h4-10,12,15,19H,3,11H2,1-2H3,(H,21,22)/t12-,15-/m0/s1. The van der Waals surface area contributed by atoms with Gasteiger partial charge in [0.1, 0.15) is 11.8 Å². The van der Waals surface area contributed by atoms with Gasteiger partial charge in [-0.3, -0.25) is 14.9 Å². The number of hydrogen-bond acceptors (Lipinski definition) is 4. The van der Waals surface area contributed by atoms with E-state index in [0.717, 1.165) is 5.56 Å². The fourth-order valence-electron chi connectivity index (χ4n) is 2.36. The summed E-state index contributed by atoms with van der Waals surface area (Å²) in [6.07, 6.45) is 0.544. The monoisotopic (exact) mass is 315 g/mol. The van der Waals surface area contributed by atoms with Gasteiger partial charge in [-0.2, -0.15) is 0 Å². The molecule has 5 heteroatoms. The smallest absolute Gasteiger partial charge is 0.321 e. The number of carboxylic acid groups (broad SMARTS) is 1. The van der Waals surface area contributed by atoms with E-state index < -0.39 is 12.0 Å². The van der Waals surface area contributed by atoms with Crippen molar-refractivity contribution in [3.8, 4) is 0 Å². The quantitative estimate of drug-likeness (QED) is 0.731. The number of carbonyl (C=O) groups excluding carboxylic acids is 1. The number of hydrogen-bond donors (Lipinski definition) is 2. The first-order valence-corrected chi connectivity index (χ1v) is 7.67. The van der Waals surface area contributed by atoms with Crippen molar-refractivity contribution < 1.29 is 19.1 Å². The normalized spacial score (nSPS) is 13.5. The van der Waals surface area contributed by atoms with Crippen LogP contribution >= 0.6 is 0 Å². The molecule has 0 saturated carbocycles. The van der Waals surface area contributed by atoms with Crippen molar-refractivity contribution in [1.82, 2.24) is 5.32 Å². The number of furan rings is 1. The molecule has 2 atom stereocenters. The van der Waals surface area contributed by atoms with Crippen LogP contribution in [-0.2, 0) is 11.2 Å². The van der Waals surface area contributed by atoms with Gasteiger partial charge in [-0.1, -0.05) is 37.3 Å². The van der Waals surface area contributed by atoms with Crippen molar-refractivity contribution in [2.75, 3.05) is 0 Å². The zero-order valence-corrected chi connectivity index (χ0v) is 13.3. The summed E-state index contributed by atoms with van der Waals surface area (Å²) in [4.78, 5) is 23.7. The largest absolute Gasteiger partial charge is 0.480 e. The Morgan fingerprint density at radius 3 is 2.43 bits per heavy atom. The van der Waals surface area contributed by atoms with Crippen LogP contribution in [-0.4, -0.2) is 22.9 Å². The molecule has 0 radical (unpaired) electrons. The third kappa shape index (κ3) is 4.53. The van der Waals surface area contributed by atoms with E-state index in [1.54, 1.807) is 12.1 Å². The van der Waals surface area contributed by atoms with Gasteiger partial charge in [0.05, 0.1) is 0 Å². The van der Waals surface area contributed by atoms with Gasteiger partial charge in [0, 0.05) is 18.9 Å². The van der Waals surface area contributed by atoms with Gasteiger partial charge >= 0.3 is 5.97 Å². The lowest BCUT2D eigenvalue weighted by Gasteiger charge is -2.19. The number of Topliss-reactive ketones (excluding diaryl/α,β-unsaturated/α-hetero) is 1. The van der Waals surface area contributed by atoms with E-state index in [1.807, 2.05) is 44.2 Å². The van der Waals surface area contributed by atoms with Crippen LogP contribution in [0.3, 0.4) is 0 Å². The maximum atomic E-state index is 12.2. The molecule has 0 bridgehead atoms. The Balaban J connectivity index is 2.04. The van der Waals surface area contributed by atoms with Crippen LogP contribution in [0, 0.1) is 0 Å². The van der Waals surface area contributed by atoms with E-state index in [1.165, 1.54) is 0 Å². The number of nitrogens with one attached hydrogen (secondary N) is 1. The van der Waals surface area contributed by atoms with Crippen molar-refractivity contribution in [1.29, 1.82) is 0 Å². The minimum Gasteiger partial charge on any atom is -0.480 e. The SMILES string of the molecule is CCc1ccc(C(=O)C[C@H](N[C@@H](C)c2ccccc2)C(=O)O)o1. The highest BCUT2D eigenvalue weighted by Gasteiger charge is 2.25. The van der Waals surface area contributed by atoms with Crippen molar-refractivity contribution in [3.05, 3.63) is 59.5 Å². The number of aryl methyl sites for hydroxylation is 1. The summed E-state index contributed by atoms with van der Waals surface area (Å²) in [5.41, 5.74) is 0.970. The molecule has 23 heavy (non-hydrogen) atoms. The van der Waals surface area contributed by atoms with Gasteiger partial charge in [-0.15, -0.1) is 0 Å². The third-order valence-corrected chi connectivity index (χ3v) is 3.72. The van der Waals surface area contributed by atoms with Gasteiger partial charge in [-0.05, 0) is 24.6 Å². The zero-order chi connectivity index (χ0) is 16.8. The summed E-state index contributed by atoms with van der Waals surface area (Å²) in [6.45, 7) is 3.80. The predicted octanol–water partition coefficient (Wildman–Crippen LogP) is 3.22. The maximum Gasteiger partial charge on any atom is 0.321 e. The zero-order valence-electron chi connectivity index (χ0n) is 13.3. The molecule has 1 aromatic heterocycles. The van der Waals surface area contributed by atoms with Crippen molar-refractivity contribution in [2.24, 2.45) is 0 Å². The minimum absolute atomic E-state index is 0.150. The lowest BCUT2D eigenvalue weighted by molar-refractivity contribution is -0.139. The van der Waals surface area contributed by atoms with Crippen LogP contribution in [0.5, 0.6) is 0 Å². The molecule has 0 aliphatic heterocycles. The number of benzene rings is 1. The molecule has 1 heterocycles. The fraction of sp³-hybridized carbons (Fsp3) is 0.333. The van der Waals surface area contributed by atoms with Gasteiger partial charge < -0.3 is 9.52 Å². The van der Waals surface area contributed by atoms with Crippen molar-refractivity contribution in [3.63, 3.8) is 0 Å². The van der Waals surface area contributed by atoms with Crippen LogP contribution in [0.4, 0.5) is 0 Å². The summed E-state index contributed by atoms with van der Waals surface area (Å²) < 4.78 is 5.39. The Bertz CT molecular complexity index is 663. The van der Waals surface area contributed by atoms with Crippen LogP contribution in [0.25, 0.3) is 0 Å². The highest BCUT2D eigenvalue weighted by Crippen LogP contribution is 2.16. The summed E-state index contributed by atoms with van der Waals surface area (Å²) in [5, 5.41) is 12.4. The van der Waals surface area contributed by atoms with E-state index in [4.69, 9.17) is 4.42 Å². The lowest BCUT2D eigenvalue weighted by Crippen LogP contribution is -2.39. The first-order chi connectivity index (χ1) is 11.0. The summed E-state index contributed by atoms with van der Waals surface area (Å²) in [6, 6.07) is 11.7. The van der Waals surface area contributed by atoms with E-state index in [-0.39, 0.29) is 24.0 Å². The second-order valence-electron chi connectivity index (χ2n) is 5.44. The predicted molar refractivity (Wildman–Crippen MR) is 86.5 cm³/mol. The highest BCUT2D eigenvalue weighted by atomic mass is 16.4. The van der Waals surface area contributed by atoms with Crippen molar-refractivity contribution >= 4 is 11.8 Å². The van der Waals surface area contributed by atoms with Crippen LogP contribution in [0.15, 0.2) is 46.9 Å². The first-order valence-electron chi connectivity index (χ1n) is 7.67. The molecule has 0 fully saturated rings. The second kappa shape index (κ2) is 7.74. The van der Waals surface area contributed by atoms with Crippen LogP contribution in [0.1, 0.15) is 48.2 Å². The van der Waals surface area contributed by atoms with E-state index in [2.05, 4.69) is 5.32 Å². The highest BCUT2D eigenvalue weighted by molar-refractivity contribution is 5.96. The Morgan fingerprint density at radius 1 is 1.17 bits per heavy atom. The number of ketones is 1. The Morgan fingerprint density at radius 2 is 1.87 bits per heavy atom. The summed E-state index contributed by atoms with van der Waals surface area (Å²) in [7, 11) is 0. The van der Waals surface area contributed by atoms with E-state index >= 15 is 0 Å². The molecular formula is C18H21NO4. The Labute approximate surface area is 135 Å². The Kier molecular flexibility index (Phi) is 5.71. The molecule has 2 aromatic rings. The third-order valence-electron chi connectivity index (χ3n) is 3.72. The van der Waals surface area contributed by atoms with E-state index in [9.17, 15) is 14.7 Å². The lowest BCUT2D eigenvalue weighted by atomic mass is 10.0. The van der Waals surface area contributed by atoms with E-state index in [0.29, 0.717) is 12.2 Å². The number of rotatable bonds is 8. The molecule has 2 N–H and O–H groups in total. The first kappa shape index (κ1) is 17.0. The van der Waals surface area contributed by atoms with Gasteiger partial charge in [-0.25, -0.2) is 0 Å². The van der Waals surface area contributed by atoms with Crippen LogP contribution in [0.2, 0.25) is 0 Å². The van der Waals surface area contributed by atoms with Crippen LogP contribution < -0.4 is 5.32 Å². The molecule has 0 saturated heterocycles. The average Bonchev–Trinajstić information content (AvgIpc) is 3.04. The molecule has 0 amide bonds. The Hall–Kier alpha value is -2.40. The molecule has 2 rings (SSSR count). The number of aliphatic carboxylic acids is 1. The van der Waals surface area contributed by atoms with Gasteiger partial charge in [0.15, 0.2) is 11.5 Å². The molecular weight excluding hydrogens is 294 g/mol. The molecule has 0 aliphatic carbocycles. The minimum atomic E-state index is -1.05. The van der Waals surface area contributed by atoms with Gasteiger partial charge in [0.2, 0.25) is 0 Å². The molecule has 122 valence electrons. The fourth-order valence-corrected chi connectivity index (χ4v) is 2.36. The average molecular weight is 315 g/mol. The topological polar surface area (TPSA) is 79.5 Å². The number of carboxylic acids is 1. The summed E-state index contributed by atoms with van der Waals surface area (Å²) in [5.74, 6) is -0.443. The molecule has 0 aliphatic rings. The molecule has 1 aromatic carbocycles. The van der Waals surface area contributed by atoms with Gasteiger partial charge in [0.25, 0.3) is 0 Å².